The molecular formula is C16H15NO. The van der Waals surface area contributed by atoms with Crippen LogP contribution in [0.3, 0.4) is 0 Å². The summed E-state index contributed by atoms with van der Waals surface area (Å²) in [5, 5.41) is 11.9. The van der Waals surface area contributed by atoms with Crippen LogP contribution in [-0.2, 0) is 0 Å². The average Bonchev–Trinajstić information content (AvgIpc) is 3.13. The molecule has 2 aromatic carbocycles. The zero-order valence-corrected chi connectivity index (χ0v) is 10.1. The van der Waals surface area contributed by atoms with Crippen molar-refractivity contribution in [2.24, 2.45) is 5.92 Å². The first-order valence-electron chi connectivity index (χ1n) is 6.48. The predicted molar refractivity (Wildman–Crippen MR) is 73.7 cm³/mol. The highest BCUT2D eigenvalue weighted by Gasteiger charge is 2.39. The molecule has 1 heterocycles. The zero-order valence-electron chi connectivity index (χ0n) is 10.1. The Labute approximate surface area is 105 Å². The van der Waals surface area contributed by atoms with Crippen molar-refractivity contribution >= 4 is 21.8 Å². The normalized spacial score (nSPS) is 22.7. The van der Waals surface area contributed by atoms with Gasteiger partial charge in [0, 0.05) is 40.4 Å². The maximum Gasteiger partial charge on any atom is 0.0494 e. The molecule has 90 valence electrons. The number of benzene rings is 2. The molecule has 0 unspecified atom stereocenters. The Morgan fingerprint density at radius 2 is 1.50 bits per heavy atom. The van der Waals surface area contributed by atoms with Crippen LogP contribution in [0.5, 0.6) is 0 Å². The quantitative estimate of drug-likeness (QED) is 0.726. The number of aliphatic hydroxyl groups excluding tert-OH is 1. The summed E-state index contributed by atoms with van der Waals surface area (Å²) >= 11 is 0. The predicted octanol–water partition coefficient (Wildman–Crippen LogP) is 3.35. The average molecular weight is 237 g/mol. The topological polar surface area (TPSA) is 25.2 Å². The summed E-state index contributed by atoms with van der Waals surface area (Å²) in [6.07, 6.45) is 1.10. The van der Waals surface area contributed by atoms with Gasteiger partial charge in [-0.3, -0.25) is 0 Å². The summed E-state index contributed by atoms with van der Waals surface area (Å²) < 4.78 is 2.41. The van der Waals surface area contributed by atoms with E-state index < -0.39 is 0 Å². The SMILES string of the molecule is OC[C@@H]1C[C@H]1n1c2ccccc2c2ccccc21. The van der Waals surface area contributed by atoms with Gasteiger partial charge in [0.05, 0.1) is 0 Å². The second-order valence-electron chi connectivity index (χ2n) is 5.15. The van der Waals surface area contributed by atoms with E-state index in [1.165, 1.54) is 21.8 Å². The molecule has 1 saturated carbocycles. The molecule has 1 aliphatic rings. The van der Waals surface area contributed by atoms with Crippen molar-refractivity contribution in [3.8, 4) is 0 Å². The van der Waals surface area contributed by atoms with E-state index in [0.29, 0.717) is 18.6 Å². The summed E-state index contributed by atoms with van der Waals surface area (Å²) in [6.45, 7) is 0.297. The Kier molecular flexibility index (Phi) is 2.03. The van der Waals surface area contributed by atoms with Gasteiger partial charge in [0.1, 0.15) is 0 Å². The minimum Gasteiger partial charge on any atom is -0.396 e. The van der Waals surface area contributed by atoms with Gasteiger partial charge in [-0.2, -0.15) is 0 Å². The summed E-state index contributed by atoms with van der Waals surface area (Å²) in [6, 6.07) is 17.6. The minimum absolute atomic E-state index is 0.297. The third-order valence-electron chi connectivity index (χ3n) is 4.07. The van der Waals surface area contributed by atoms with Crippen molar-refractivity contribution in [3.63, 3.8) is 0 Å². The molecule has 2 nitrogen and oxygen atoms in total. The lowest BCUT2D eigenvalue weighted by molar-refractivity contribution is 0.270. The van der Waals surface area contributed by atoms with Crippen molar-refractivity contribution < 1.29 is 5.11 Å². The van der Waals surface area contributed by atoms with Gasteiger partial charge in [-0.25, -0.2) is 0 Å². The van der Waals surface area contributed by atoms with Gasteiger partial charge in [-0.15, -0.1) is 0 Å². The highest BCUT2D eigenvalue weighted by Crippen LogP contribution is 2.47. The molecule has 0 aliphatic heterocycles. The van der Waals surface area contributed by atoms with E-state index in [-0.39, 0.29) is 0 Å². The number of hydrogen-bond donors (Lipinski definition) is 1. The number of aliphatic hydroxyl groups is 1. The smallest absolute Gasteiger partial charge is 0.0494 e. The number of rotatable bonds is 2. The van der Waals surface area contributed by atoms with Crippen LogP contribution in [-0.4, -0.2) is 16.3 Å². The van der Waals surface area contributed by atoms with E-state index in [2.05, 4.69) is 53.1 Å². The van der Waals surface area contributed by atoms with Crippen LogP contribution in [0.1, 0.15) is 12.5 Å². The van der Waals surface area contributed by atoms with Gasteiger partial charge >= 0.3 is 0 Å². The fourth-order valence-electron chi connectivity index (χ4n) is 3.05. The molecule has 1 aliphatic carbocycles. The van der Waals surface area contributed by atoms with E-state index in [9.17, 15) is 5.11 Å². The summed E-state index contributed by atoms with van der Waals surface area (Å²) in [4.78, 5) is 0. The van der Waals surface area contributed by atoms with E-state index >= 15 is 0 Å². The Morgan fingerprint density at radius 1 is 0.944 bits per heavy atom. The first-order valence-corrected chi connectivity index (χ1v) is 6.48. The number of para-hydroxylation sites is 2. The van der Waals surface area contributed by atoms with Crippen molar-refractivity contribution in [3.05, 3.63) is 48.5 Å². The van der Waals surface area contributed by atoms with E-state index in [4.69, 9.17) is 0 Å². The largest absolute Gasteiger partial charge is 0.396 e. The standard InChI is InChI=1S/C16H15NO/c18-10-11-9-16(11)17-14-7-3-1-5-12(14)13-6-2-4-8-15(13)17/h1-8,11,16,18H,9-10H2/t11-,16+/m0/s1. The lowest BCUT2D eigenvalue weighted by Gasteiger charge is -2.05. The van der Waals surface area contributed by atoms with Crippen molar-refractivity contribution in [1.29, 1.82) is 0 Å². The van der Waals surface area contributed by atoms with Gasteiger partial charge in [-0.05, 0) is 18.6 Å². The highest BCUT2D eigenvalue weighted by molar-refractivity contribution is 6.08. The third kappa shape index (κ3) is 1.27. The first kappa shape index (κ1) is 10.2. The van der Waals surface area contributed by atoms with Crippen molar-refractivity contribution in [2.45, 2.75) is 12.5 Å². The number of aromatic nitrogens is 1. The first-order chi connectivity index (χ1) is 8.90. The molecule has 2 heteroatoms. The van der Waals surface area contributed by atoms with Gasteiger partial charge in [0.25, 0.3) is 0 Å². The molecule has 1 fully saturated rings. The van der Waals surface area contributed by atoms with Crippen LogP contribution in [0.2, 0.25) is 0 Å². The summed E-state index contributed by atoms with van der Waals surface area (Å²) in [5.74, 6) is 0.434. The maximum atomic E-state index is 9.31. The number of fused-ring (bicyclic) bond motifs is 3. The van der Waals surface area contributed by atoms with Gasteiger partial charge in [0.15, 0.2) is 0 Å². The molecule has 4 rings (SSSR count). The molecule has 0 radical (unpaired) electrons. The lowest BCUT2D eigenvalue weighted by atomic mass is 10.2. The molecule has 1 aromatic heterocycles. The molecule has 1 N–H and O–H groups in total. The highest BCUT2D eigenvalue weighted by atomic mass is 16.3. The third-order valence-corrected chi connectivity index (χ3v) is 4.07. The fourth-order valence-corrected chi connectivity index (χ4v) is 3.05. The number of hydrogen-bond acceptors (Lipinski definition) is 1. The van der Waals surface area contributed by atoms with Gasteiger partial charge in [-0.1, -0.05) is 36.4 Å². The van der Waals surface area contributed by atoms with E-state index in [1.54, 1.807) is 0 Å². The van der Waals surface area contributed by atoms with Crippen LogP contribution in [0.25, 0.3) is 21.8 Å². The second kappa shape index (κ2) is 3.59. The second-order valence-corrected chi connectivity index (χ2v) is 5.15. The van der Waals surface area contributed by atoms with Crippen LogP contribution in [0, 0.1) is 5.92 Å². The molecule has 18 heavy (non-hydrogen) atoms. The molecule has 0 saturated heterocycles. The van der Waals surface area contributed by atoms with Crippen molar-refractivity contribution in [2.75, 3.05) is 6.61 Å². The zero-order chi connectivity index (χ0) is 12.1. The van der Waals surface area contributed by atoms with E-state index in [1.807, 2.05) is 0 Å². The van der Waals surface area contributed by atoms with E-state index in [0.717, 1.165) is 6.42 Å². The van der Waals surface area contributed by atoms with Crippen molar-refractivity contribution in [1.82, 2.24) is 4.57 Å². The number of nitrogens with zero attached hydrogens (tertiary/aromatic N) is 1. The Hall–Kier alpha value is -1.80. The molecule has 0 spiro atoms. The fraction of sp³-hybridized carbons (Fsp3) is 0.250. The summed E-state index contributed by atoms with van der Waals surface area (Å²) in [7, 11) is 0. The van der Waals surface area contributed by atoms with Gasteiger partial charge in [0.2, 0.25) is 0 Å². The minimum atomic E-state index is 0.297. The van der Waals surface area contributed by atoms with Crippen LogP contribution in [0.4, 0.5) is 0 Å². The molecule has 0 bridgehead atoms. The van der Waals surface area contributed by atoms with Crippen LogP contribution in [0.15, 0.2) is 48.5 Å². The van der Waals surface area contributed by atoms with Crippen LogP contribution < -0.4 is 0 Å². The maximum absolute atomic E-state index is 9.31. The monoisotopic (exact) mass is 237 g/mol. The van der Waals surface area contributed by atoms with Crippen LogP contribution >= 0.6 is 0 Å². The summed E-state index contributed by atoms with van der Waals surface area (Å²) in [5.41, 5.74) is 2.58. The lowest BCUT2D eigenvalue weighted by Crippen LogP contribution is -1.98. The molecule has 3 aromatic rings. The Balaban J connectivity index is 2.08. The molecular weight excluding hydrogens is 222 g/mol. The molecule has 0 amide bonds. The Morgan fingerprint density at radius 3 is 2.00 bits per heavy atom. The molecule has 2 atom stereocenters. The Bertz CT molecular complexity index is 675. The van der Waals surface area contributed by atoms with Gasteiger partial charge < -0.3 is 9.67 Å².